The highest BCUT2D eigenvalue weighted by Gasteiger charge is 2.34. The zero-order valence-electron chi connectivity index (χ0n) is 13.4. The SMILES string of the molecule is Cc1noc(C)c1NC(=O)C(=O)N[C@H](c1ccc(Cl)cc1)C1CC1. The second kappa shape index (κ2) is 6.65. The first kappa shape index (κ1) is 16.5. The maximum absolute atomic E-state index is 12.3. The van der Waals surface area contributed by atoms with Crippen molar-refractivity contribution in [3.8, 4) is 0 Å². The summed E-state index contributed by atoms with van der Waals surface area (Å²) in [6.45, 7) is 3.37. The predicted octanol–water partition coefficient (Wildman–Crippen LogP) is 3.15. The summed E-state index contributed by atoms with van der Waals surface area (Å²) in [5, 5.41) is 9.76. The number of rotatable bonds is 4. The van der Waals surface area contributed by atoms with Crippen LogP contribution >= 0.6 is 11.6 Å². The Labute approximate surface area is 144 Å². The Morgan fingerprint density at radius 2 is 1.88 bits per heavy atom. The molecule has 0 unspecified atom stereocenters. The Morgan fingerprint density at radius 1 is 1.21 bits per heavy atom. The summed E-state index contributed by atoms with van der Waals surface area (Å²) in [5.74, 6) is -0.599. The molecule has 2 amide bonds. The first-order chi connectivity index (χ1) is 11.5. The van der Waals surface area contributed by atoms with E-state index in [0.29, 0.717) is 28.1 Å². The molecule has 7 heteroatoms. The zero-order chi connectivity index (χ0) is 17.3. The van der Waals surface area contributed by atoms with E-state index in [9.17, 15) is 9.59 Å². The van der Waals surface area contributed by atoms with Crippen molar-refractivity contribution in [3.63, 3.8) is 0 Å². The number of carbonyl (C=O) groups excluding carboxylic acids is 2. The van der Waals surface area contributed by atoms with Crippen molar-refractivity contribution in [2.24, 2.45) is 5.92 Å². The Morgan fingerprint density at radius 3 is 2.42 bits per heavy atom. The topological polar surface area (TPSA) is 84.2 Å². The quantitative estimate of drug-likeness (QED) is 0.832. The molecule has 0 spiro atoms. The van der Waals surface area contributed by atoms with Crippen LogP contribution in [-0.2, 0) is 9.59 Å². The molecule has 1 heterocycles. The van der Waals surface area contributed by atoms with Crippen LogP contribution in [-0.4, -0.2) is 17.0 Å². The van der Waals surface area contributed by atoms with Gasteiger partial charge in [0, 0.05) is 5.02 Å². The molecule has 3 rings (SSSR count). The van der Waals surface area contributed by atoms with E-state index in [1.165, 1.54) is 0 Å². The van der Waals surface area contributed by atoms with Crippen molar-refractivity contribution < 1.29 is 14.1 Å². The van der Waals surface area contributed by atoms with Gasteiger partial charge in [-0.2, -0.15) is 0 Å². The normalized spacial score (nSPS) is 15.0. The molecule has 1 fully saturated rings. The lowest BCUT2D eigenvalue weighted by atomic mass is 10.0. The van der Waals surface area contributed by atoms with Crippen LogP contribution in [0.15, 0.2) is 28.8 Å². The van der Waals surface area contributed by atoms with Crippen LogP contribution in [0.4, 0.5) is 5.69 Å². The fourth-order valence-corrected chi connectivity index (χ4v) is 2.74. The van der Waals surface area contributed by atoms with Gasteiger partial charge in [-0.25, -0.2) is 0 Å². The molecule has 1 atom stereocenters. The number of amides is 2. The molecule has 1 aromatic heterocycles. The van der Waals surface area contributed by atoms with Crippen molar-refractivity contribution in [2.75, 3.05) is 5.32 Å². The van der Waals surface area contributed by atoms with E-state index in [1.807, 2.05) is 12.1 Å². The van der Waals surface area contributed by atoms with Gasteiger partial charge < -0.3 is 15.2 Å². The van der Waals surface area contributed by atoms with Crippen molar-refractivity contribution in [3.05, 3.63) is 46.3 Å². The first-order valence-corrected chi connectivity index (χ1v) is 8.13. The Hall–Kier alpha value is -2.34. The third-order valence-corrected chi connectivity index (χ3v) is 4.34. The minimum atomic E-state index is -0.732. The summed E-state index contributed by atoms with van der Waals surface area (Å²) in [6.07, 6.45) is 2.05. The number of anilines is 1. The molecule has 2 aromatic rings. The third kappa shape index (κ3) is 3.59. The van der Waals surface area contributed by atoms with E-state index in [4.69, 9.17) is 16.1 Å². The number of aromatic nitrogens is 1. The van der Waals surface area contributed by atoms with Gasteiger partial charge in [-0.3, -0.25) is 9.59 Å². The highest BCUT2D eigenvalue weighted by Crippen LogP contribution is 2.41. The lowest BCUT2D eigenvalue weighted by molar-refractivity contribution is -0.136. The molecule has 1 aliphatic rings. The standard InChI is InChI=1S/C17H18ClN3O3/c1-9-14(10(2)24-21-9)19-16(22)17(23)20-15(11-3-4-11)12-5-7-13(18)8-6-12/h5-8,11,15H,3-4H2,1-2H3,(H,19,22)(H,20,23)/t15-/m0/s1. The van der Waals surface area contributed by atoms with Gasteiger partial charge in [0.25, 0.3) is 0 Å². The summed E-state index contributed by atoms with van der Waals surface area (Å²) in [4.78, 5) is 24.4. The summed E-state index contributed by atoms with van der Waals surface area (Å²) in [5.41, 5.74) is 1.91. The van der Waals surface area contributed by atoms with Gasteiger partial charge in [0.05, 0.1) is 6.04 Å². The number of halogens is 1. The van der Waals surface area contributed by atoms with Crippen LogP contribution in [0.25, 0.3) is 0 Å². The van der Waals surface area contributed by atoms with Gasteiger partial charge in [-0.15, -0.1) is 0 Å². The summed E-state index contributed by atoms with van der Waals surface area (Å²) in [7, 11) is 0. The van der Waals surface area contributed by atoms with Gasteiger partial charge in [0.2, 0.25) is 0 Å². The van der Waals surface area contributed by atoms with Crippen molar-refractivity contribution in [2.45, 2.75) is 32.7 Å². The molecule has 6 nitrogen and oxygen atoms in total. The van der Waals surface area contributed by atoms with Crippen LogP contribution in [0.3, 0.4) is 0 Å². The number of nitrogens with one attached hydrogen (secondary N) is 2. The lowest BCUT2D eigenvalue weighted by Gasteiger charge is -2.18. The van der Waals surface area contributed by atoms with Crippen molar-refractivity contribution >= 4 is 29.1 Å². The molecule has 0 bridgehead atoms. The molecular weight excluding hydrogens is 330 g/mol. The lowest BCUT2D eigenvalue weighted by Crippen LogP contribution is -2.38. The van der Waals surface area contributed by atoms with E-state index in [0.717, 1.165) is 18.4 Å². The Bertz CT molecular complexity index is 746. The highest BCUT2D eigenvalue weighted by molar-refractivity contribution is 6.39. The van der Waals surface area contributed by atoms with Crippen molar-refractivity contribution in [1.82, 2.24) is 10.5 Å². The van der Waals surface area contributed by atoms with Crippen LogP contribution < -0.4 is 10.6 Å². The number of aryl methyl sites for hydroxylation is 2. The smallest absolute Gasteiger partial charge is 0.313 e. The average molecular weight is 348 g/mol. The molecular formula is C17H18ClN3O3. The number of hydrogen-bond donors (Lipinski definition) is 2. The van der Waals surface area contributed by atoms with Crippen LogP contribution in [0.1, 0.15) is 35.9 Å². The van der Waals surface area contributed by atoms with Gasteiger partial charge in [-0.1, -0.05) is 28.9 Å². The molecule has 1 aromatic carbocycles. The molecule has 0 aliphatic heterocycles. The fourth-order valence-electron chi connectivity index (χ4n) is 2.61. The van der Waals surface area contributed by atoms with E-state index in [2.05, 4.69) is 15.8 Å². The molecule has 126 valence electrons. The Kier molecular flexibility index (Phi) is 4.57. The monoisotopic (exact) mass is 347 g/mol. The fraction of sp³-hybridized carbons (Fsp3) is 0.353. The predicted molar refractivity (Wildman–Crippen MR) is 89.7 cm³/mol. The van der Waals surface area contributed by atoms with Crippen LogP contribution in [0.2, 0.25) is 5.02 Å². The second-order valence-electron chi connectivity index (χ2n) is 5.99. The molecule has 0 radical (unpaired) electrons. The molecule has 0 saturated heterocycles. The summed E-state index contributed by atoms with van der Waals surface area (Å²) >= 11 is 5.91. The second-order valence-corrected chi connectivity index (χ2v) is 6.43. The third-order valence-electron chi connectivity index (χ3n) is 4.09. The summed E-state index contributed by atoms with van der Waals surface area (Å²) in [6, 6.07) is 7.12. The zero-order valence-corrected chi connectivity index (χ0v) is 14.2. The molecule has 2 N–H and O–H groups in total. The maximum atomic E-state index is 12.3. The number of hydrogen-bond acceptors (Lipinski definition) is 4. The van der Waals surface area contributed by atoms with Crippen LogP contribution in [0, 0.1) is 19.8 Å². The Balaban J connectivity index is 1.69. The average Bonchev–Trinajstić information content (AvgIpc) is 3.35. The number of benzene rings is 1. The maximum Gasteiger partial charge on any atom is 0.313 e. The van der Waals surface area contributed by atoms with Gasteiger partial charge >= 0.3 is 11.8 Å². The number of nitrogens with zero attached hydrogens (tertiary/aromatic N) is 1. The number of carbonyl (C=O) groups is 2. The minimum Gasteiger partial charge on any atom is -0.359 e. The van der Waals surface area contributed by atoms with Gasteiger partial charge in [0.1, 0.15) is 11.4 Å². The highest BCUT2D eigenvalue weighted by atomic mass is 35.5. The van der Waals surface area contributed by atoms with E-state index in [1.54, 1.807) is 26.0 Å². The molecule has 1 saturated carbocycles. The molecule has 1 aliphatic carbocycles. The van der Waals surface area contributed by atoms with Crippen LogP contribution in [0.5, 0.6) is 0 Å². The molecule has 24 heavy (non-hydrogen) atoms. The minimum absolute atomic E-state index is 0.190. The van der Waals surface area contributed by atoms with Gasteiger partial charge in [-0.05, 0) is 50.3 Å². The van der Waals surface area contributed by atoms with E-state index in [-0.39, 0.29) is 6.04 Å². The van der Waals surface area contributed by atoms with E-state index >= 15 is 0 Å². The largest absolute Gasteiger partial charge is 0.359 e. The van der Waals surface area contributed by atoms with Crippen molar-refractivity contribution in [1.29, 1.82) is 0 Å². The van der Waals surface area contributed by atoms with E-state index < -0.39 is 11.8 Å². The first-order valence-electron chi connectivity index (χ1n) is 7.76. The van der Waals surface area contributed by atoms with Gasteiger partial charge in [0.15, 0.2) is 5.76 Å². The summed E-state index contributed by atoms with van der Waals surface area (Å²) < 4.78 is 4.98.